The number of hydrogen-bond acceptors (Lipinski definition) is 2. The molecule has 1 atom stereocenters. The van der Waals surface area contributed by atoms with Crippen molar-refractivity contribution in [2.24, 2.45) is 0 Å². The van der Waals surface area contributed by atoms with Crippen molar-refractivity contribution in [1.29, 1.82) is 0 Å². The van der Waals surface area contributed by atoms with Crippen molar-refractivity contribution in [1.82, 2.24) is 9.55 Å². The SMILES string of the molecule is Oc1cc(I)cc2c1nc1n2CCC(c2ccc(-c3ccccc3)cc2)C1. The molecule has 4 heteroatoms. The van der Waals surface area contributed by atoms with E-state index in [-0.39, 0.29) is 5.75 Å². The highest BCUT2D eigenvalue weighted by molar-refractivity contribution is 14.1. The highest BCUT2D eigenvalue weighted by Gasteiger charge is 2.24. The molecular weight excluding hydrogens is 447 g/mol. The molecule has 0 spiro atoms. The third-order valence-electron chi connectivity index (χ3n) is 5.50. The molecule has 4 aromatic rings. The van der Waals surface area contributed by atoms with Gasteiger partial charge in [0.2, 0.25) is 0 Å². The van der Waals surface area contributed by atoms with Gasteiger partial charge in [0.05, 0.1) is 5.52 Å². The number of benzene rings is 3. The van der Waals surface area contributed by atoms with Crippen molar-refractivity contribution >= 4 is 33.6 Å². The topological polar surface area (TPSA) is 38.1 Å². The predicted molar refractivity (Wildman–Crippen MR) is 117 cm³/mol. The van der Waals surface area contributed by atoms with Gasteiger partial charge in [-0.2, -0.15) is 0 Å². The molecule has 0 aliphatic carbocycles. The van der Waals surface area contributed by atoms with Crippen LogP contribution in [0.3, 0.4) is 0 Å². The predicted octanol–water partition coefficient (Wildman–Crippen LogP) is 5.74. The number of aromatic nitrogens is 2. The lowest BCUT2D eigenvalue weighted by Crippen LogP contribution is -2.18. The number of aryl methyl sites for hydroxylation is 1. The fourth-order valence-corrected chi connectivity index (χ4v) is 4.69. The van der Waals surface area contributed by atoms with Crippen LogP contribution in [0.25, 0.3) is 22.2 Å². The van der Waals surface area contributed by atoms with Gasteiger partial charge in [0.1, 0.15) is 17.1 Å². The van der Waals surface area contributed by atoms with Crippen LogP contribution in [0, 0.1) is 3.57 Å². The van der Waals surface area contributed by atoms with Gasteiger partial charge in [-0.05, 0) is 63.8 Å². The van der Waals surface area contributed by atoms with E-state index in [2.05, 4.69) is 81.8 Å². The van der Waals surface area contributed by atoms with Crippen molar-refractivity contribution < 1.29 is 5.11 Å². The van der Waals surface area contributed by atoms with E-state index in [1.165, 1.54) is 16.7 Å². The molecule has 0 amide bonds. The Hall–Kier alpha value is -2.34. The minimum absolute atomic E-state index is 0.280. The van der Waals surface area contributed by atoms with Crippen LogP contribution in [0.15, 0.2) is 66.7 Å². The smallest absolute Gasteiger partial charge is 0.144 e. The molecule has 0 bridgehead atoms. The van der Waals surface area contributed by atoms with Gasteiger partial charge in [0.15, 0.2) is 0 Å². The van der Waals surface area contributed by atoms with E-state index in [0.29, 0.717) is 5.92 Å². The lowest BCUT2D eigenvalue weighted by Gasteiger charge is -2.24. The van der Waals surface area contributed by atoms with E-state index in [9.17, 15) is 5.11 Å². The third kappa shape index (κ3) is 3.02. The maximum atomic E-state index is 10.2. The number of hydrogen-bond donors (Lipinski definition) is 1. The van der Waals surface area contributed by atoms with E-state index in [4.69, 9.17) is 4.98 Å². The Kier molecular flexibility index (Phi) is 4.16. The van der Waals surface area contributed by atoms with Crippen LogP contribution in [-0.2, 0) is 13.0 Å². The number of phenolic OH excluding ortho intramolecular Hbond substituents is 1. The standard InChI is InChI=1S/C23H19IN2O/c24-19-13-20-23(21(27)14-19)25-22-12-18(10-11-26(20)22)17-8-6-16(7-9-17)15-4-2-1-3-5-15/h1-9,13-14,18,27H,10-12H2. The normalized spacial score (nSPS) is 16.4. The molecule has 1 N–H and O–H groups in total. The second-order valence-corrected chi connectivity index (χ2v) is 8.40. The minimum Gasteiger partial charge on any atom is -0.506 e. The minimum atomic E-state index is 0.280. The number of nitrogens with zero attached hydrogens (tertiary/aromatic N) is 2. The lowest BCUT2D eigenvalue weighted by atomic mass is 9.89. The first kappa shape index (κ1) is 16.8. The first-order chi connectivity index (χ1) is 13.2. The maximum absolute atomic E-state index is 10.2. The summed E-state index contributed by atoms with van der Waals surface area (Å²) in [6.45, 7) is 0.941. The van der Waals surface area contributed by atoms with E-state index in [0.717, 1.165) is 39.8 Å². The number of rotatable bonds is 2. The summed E-state index contributed by atoms with van der Waals surface area (Å²) in [6.07, 6.45) is 2.00. The largest absolute Gasteiger partial charge is 0.506 e. The van der Waals surface area contributed by atoms with E-state index >= 15 is 0 Å². The number of phenols is 1. The van der Waals surface area contributed by atoms with Gasteiger partial charge >= 0.3 is 0 Å². The molecule has 0 radical (unpaired) electrons. The van der Waals surface area contributed by atoms with Gasteiger partial charge in [-0.1, -0.05) is 54.6 Å². The fourth-order valence-electron chi connectivity index (χ4n) is 4.10. The van der Waals surface area contributed by atoms with Gasteiger partial charge in [0, 0.05) is 16.5 Å². The Morgan fingerprint density at radius 3 is 2.48 bits per heavy atom. The second kappa shape index (κ2) is 6.68. The van der Waals surface area contributed by atoms with Crippen molar-refractivity contribution in [2.45, 2.75) is 25.3 Å². The first-order valence-electron chi connectivity index (χ1n) is 9.22. The highest BCUT2D eigenvalue weighted by atomic mass is 127. The van der Waals surface area contributed by atoms with Crippen LogP contribution in [0.5, 0.6) is 5.75 Å². The average molecular weight is 466 g/mol. The summed E-state index contributed by atoms with van der Waals surface area (Å²) in [5.41, 5.74) is 5.64. The summed E-state index contributed by atoms with van der Waals surface area (Å²) in [7, 11) is 0. The summed E-state index contributed by atoms with van der Waals surface area (Å²) < 4.78 is 3.31. The van der Waals surface area contributed by atoms with Crippen molar-refractivity contribution in [3.63, 3.8) is 0 Å². The Labute approximate surface area is 171 Å². The molecule has 1 aromatic heterocycles. The molecular formula is C23H19IN2O. The van der Waals surface area contributed by atoms with E-state index < -0.39 is 0 Å². The third-order valence-corrected chi connectivity index (χ3v) is 6.12. The Balaban J connectivity index is 1.45. The molecule has 0 saturated carbocycles. The first-order valence-corrected chi connectivity index (χ1v) is 10.3. The van der Waals surface area contributed by atoms with E-state index in [1.54, 1.807) is 6.07 Å². The molecule has 5 rings (SSSR count). The molecule has 0 saturated heterocycles. The van der Waals surface area contributed by atoms with Crippen LogP contribution in [0.2, 0.25) is 0 Å². The van der Waals surface area contributed by atoms with Crippen molar-refractivity contribution in [3.05, 3.63) is 81.7 Å². The molecule has 3 aromatic carbocycles. The summed E-state index contributed by atoms with van der Waals surface area (Å²) in [6, 6.07) is 23.3. The number of halogens is 1. The monoisotopic (exact) mass is 466 g/mol. The van der Waals surface area contributed by atoms with Gasteiger partial charge in [0.25, 0.3) is 0 Å². The molecule has 1 aliphatic heterocycles. The molecule has 0 fully saturated rings. The maximum Gasteiger partial charge on any atom is 0.144 e. The fraction of sp³-hybridized carbons (Fsp3) is 0.174. The molecule has 27 heavy (non-hydrogen) atoms. The zero-order chi connectivity index (χ0) is 18.4. The summed E-state index contributed by atoms with van der Waals surface area (Å²) >= 11 is 2.25. The quantitative estimate of drug-likeness (QED) is 0.383. The number of aromatic hydroxyl groups is 1. The molecule has 3 nitrogen and oxygen atoms in total. The Morgan fingerprint density at radius 2 is 1.70 bits per heavy atom. The molecule has 134 valence electrons. The highest BCUT2D eigenvalue weighted by Crippen LogP contribution is 2.35. The van der Waals surface area contributed by atoms with E-state index in [1.807, 2.05) is 6.07 Å². The van der Waals surface area contributed by atoms with Crippen LogP contribution in [0.4, 0.5) is 0 Å². The van der Waals surface area contributed by atoms with Gasteiger partial charge in [-0.3, -0.25) is 0 Å². The molecule has 2 heterocycles. The summed E-state index contributed by atoms with van der Waals surface area (Å²) in [4.78, 5) is 4.74. The summed E-state index contributed by atoms with van der Waals surface area (Å²) in [5, 5.41) is 10.2. The van der Waals surface area contributed by atoms with Crippen LogP contribution >= 0.6 is 22.6 Å². The summed E-state index contributed by atoms with van der Waals surface area (Å²) in [5.74, 6) is 1.83. The van der Waals surface area contributed by atoms with Gasteiger partial charge < -0.3 is 9.67 Å². The van der Waals surface area contributed by atoms with Crippen molar-refractivity contribution in [2.75, 3.05) is 0 Å². The Bertz CT molecular complexity index is 1120. The Morgan fingerprint density at radius 1 is 0.963 bits per heavy atom. The zero-order valence-corrected chi connectivity index (χ0v) is 16.9. The lowest BCUT2D eigenvalue weighted by molar-refractivity contribution is 0.473. The molecule has 1 unspecified atom stereocenters. The van der Waals surface area contributed by atoms with Crippen LogP contribution in [0.1, 0.15) is 23.7 Å². The van der Waals surface area contributed by atoms with Gasteiger partial charge in [-0.15, -0.1) is 0 Å². The average Bonchev–Trinajstić information content (AvgIpc) is 3.07. The number of fused-ring (bicyclic) bond motifs is 3. The zero-order valence-electron chi connectivity index (χ0n) is 14.8. The van der Waals surface area contributed by atoms with Gasteiger partial charge in [-0.25, -0.2) is 4.98 Å². The molecule has 1 aliphatic rings. The number of imidazole rings is 1. The van der Waals surface area contributed by atoms with Crippen LogP contribution < -0.4 is 0 Å². The van der Waals surface area contributed by atoms with Crippen molar-refractivity contribution in [3.8, 4) is 16.9 Å². The van der Waals surface area contributed by atoms with Crippen LogP contribution in [-0.4, -0.2) is 14.7 Å². The second-order valence-electron chi connectivity index (χ2n) is 7.15.